The zero-order valence-corrected chi connectivity index (χ0v) is 7.93. The minimum atomic E-state index is -0.446. The minimum Gasteiger partial charge on any atom is -0.457 e. The molecule has 0 radical (unpaired) electrons. The van der Waals surface area contributed by atoms with Crippen LogP contribution in [0.2, 0.25) is 0 Å². The SMILES string of the molecule is CC(=O)OC(CC#N)c1ccccc1. The van der Waals surface area contributed by atoms with Crippen molar-refractivity contribution in [1.82, 2.24) is 0 Å². The lowest BCUT2D eigenvalue weighted by atomic mass is 10.1. The summed E-state index contributed by atoms with van der Waals surface area (Å²) < 4.78 is 5.02. The van der Waals surface area contributed by atoms with Crippen molar-refractivity contribution in [1.29, 1.82) is 5.26 Å². The quantitative estimate of drug-likeness (QED) is 0.685. The Balaban J connectivity index is 2.78. The molecular formula is C11H11NO2. The van der Waals surface area contributed by atoms with E-state index < -0.39 is 6.10 Å². The maximum Gasteiger partial charge on any atom is 0.303 e. The van der Waals surface area contributed by atoms with Crippen molar-refractivity contribution in [3.8, 4) is 6.07 Å². The number of carbonyl (C=O) groups is 1. The van der Waals surface area contributed by atoms with Gasteiger partial charge < -0.3 is 4.74 Å². The molecule has 1 aromatic carbocycles. The number of esters is 1. The van der Waals surface area contributed by atoms with Crippen molar-refractivity contribution in [3.05, 3.63) is 35.9 Å². The fourth-order valence-corrected chi connectivity index (χ4v) is 1.18. The molecule has 0 spiro atoms. The lowest BCUT2D eigenvalue weighted by Gasteiger charge is -2.13. The third-order valence-electron chi connectivity index (χ3n) is 1.76. The molecule has 72 valence electrons. The van der Waals surface area contributed by atoms with Gasteiger partial charge in [0.2, 0.25) is 0 Å². The number of benzene rings is 1. The highest BCUT2D eigenvalue weighted by molar-refractivity contribution is 5.66. The van der Waals surface area contributed by atoms with E-state index in [1.165, 1.54) is 6.92 Å². The molecule has 0 saturated heterocycles. The Morgan fingerprint density at radius 2 is 2.14 bits per heavy atom. The first-order valence-electron chi connectivity index (χ1n) is 4.33. The van der Waals surface area contributed by atoms with E-state index in [2.05, 4.69) is 0 Å². The molecule has 0 aliphatic heterocycles. The summed E-state index contributed by atoms with van der Waals surface area (Å²) in [5, 5.41) is 8.57. The predicted octanol–water partition coefficient (Wildman–Crippen LogP) is 2.20. The van der Waals surface area contributed by atoms with Crippen LogP contribution in [0.1, 0.15) is 25.0 Å². The monoisotopic (exact) mass is 189 g/mol. The Morgan fingerprint density at radius 1 is 1.50 bits per heavy atom. The van der Waals surface area contributed by atoms with E-state index in [4.69, 9.17) is 10.00 Å². The van der Waals surface area contributed by atoms with E-state index in [0.29, 0.717) is 0 Å². The summed E-state index contributed by atoms with van der Waals surface area (Å²) in [4.78, 5) is 10.8. The number of ether oxygens (including phenoxy) is 1. The van der Waals surface area contributed by atoms with Gasteiger partial charge >= 0.3 is 5.97 Å². The van der Waals surface area contributed by atoms with Crippen molar-refractivity contribution >= 4 is 5.97 Å². The highest BCUT2D eigenvalue weighted by atomic mass is 16.5. The van der Waals surface area contributed by atoms with E-state index in [0.717, 1.165) is 5.56 Å². The molecule has 0 saturated carbocycles. The van der Waals surface area contributed by atoms with Crippen LogP contribution in [-0.2, 0) is 9.53 Å². The second kappa shape index (κ2) is 5.03. The average molecular weight is 189 g/mol. The molecule has 0 aliphatic rings. The number of rotatable bonds is 3. The molecule has 14 heavy (non-hydrogen) atoms. The van der Waals surface area contributed by atoms with Gasteiger partial charge in [0.05, 0.1) is 12.5 Å². The highest BCUT2D eigenvalue weighted by Gasteiger charge is 2.13. The van der Waals surface area contributed by atoms with Crippen LogP contribution in [-0.4, -0.2) is 5.97 Å². The summed E-state index contributed by atoms with van der Waals surface area (Å²) in [5.74, 6) is -0.367. The van der Waals surface area contributed by atoms with Crippen LogP contribution < -0.4 is 0 Å². The Morgan fingerprint density at radius 3 is 2.64 bits per heavy atom. The van der Waals surface area contributed by atoms with Crippen molar-refractivity contribution in [3.63, 3.8) is 0 Å². The third kappa shape index (κ3) is 2.91. The number of carbonyl (C=O) groups excluding carboxylic acids is 1. The predicted molar refractivity (Wildman–Crippen MR) is 51.2 cm³/mol. The Bertz CT molecular complexity index is 340. The van der Waals surface area contributed by atoms with Crippen LogP contribution in [0.25, 0.3) is 0 Å². The summed E-state index contributed by atoms with van der Waals surface area (Å²) in [7, 11) is 0. The maximum absolute atomic E-state index is 10.8. The Hall–Kier alpha value is -1.82. The van der Waals surface area contributed by atoms with E-state index in [1.54, 1.807) is 0 Å². The van der Waals surface area contributed by atoms with Crippen LogP contribution in [0.5, 0.6) is 0 Å². The summed E-state index contributed by atoms with van der Waals surface area (Å²) in [5.41, 5.74) is 0.851. The number of nitrogens with zero attached hydrogens (tertiary/aromatic N) is 1. The molecule has 1 rings (SSSR count). The molecule has 3 heteroatoms. The molecule has 0 heterocycles. The molecule has 1 atom stereocenters. The maximum atomic E-state index is 10.8. The van der Waals surface area contributed by atoms with Crippen LogP contribution in [0.15, 0.2) is 30.3 Å². The number of nitriles is 1. The van der Waals surface area contributed by atoms with Crippen molar-refractivity contribution in [2.24, 2.45) is 0 Å². The summed E-state index contributed by atoms with van der Waals surface area (Å²) in [6, 6.07) is 11.2. The van der Waals surface area contributed by atoms with E-state index in [9.17, 15) is 4.79 Å². The Kier molecular flexibility index (Phi) is 3.69. The first-order chi connectivity index (χ1) is 6.74. The number of hydrogen-bond acceptors (Lipinski definition) is 3. The second-order valence-electron chi connectivity index (χ2n) is 2.87. The van der Waals surface area contributed by atoms with Gasteiger partial charge in [-0.05, 0) is 5.56 Å². The van der Waals surface area contributed by atoms with Crippen LogP contribution in [0.3, 0.4) is 0 Å². The second-order valence-corrected chi connectivity index (χ2v) is 2.87. The normalized spacial score (nSPS) is 11.4. The van der Waals surface area contributed by atoms with Crippen LogP contribution in [0, 0.1) is 11.3 Å². The summed E-state index contributed by atoms with van der Waals surface area (Å²) in [6.07, 6.45) is -0.262. The lowest BCUT2D eigenvalue weighted by Crippen LogP contribution is -2.07. The van der Waals surface area contributed by atoms with E-state index in [-0.39, 0.29) is 12.4 Å². The minimum absolute atomic E-state index is 0.184. The topological polar surface area (TPSA) is 50.1 Å². The zero-order chi connectivity index (χ0) is 10.4. The van der Waals surface area contributed by atoms with Gasteiger partial charge in [0, 0.05) is 6.92 Å². The lowest BCUT2D eigenvalue weighted by molar-refractivity contribution is -0.146. The third-order valence-corrected chi connectivity index (χ3v) is 1.76. The fourth-order valence-electron chi connectivity index (χ4n) is 1.18. The van der Waals surface area contributed by atoms with Crippen molar-refractivity contribution in [2.45, 2.75) is 19.4 Å². The largest absolute Gasteiger partial charge is 0.457 e. The van der Waals surface area contributed by atoms with Gasteiger partial charge in [-0.15, -0.1) is 0 Å². The van der Waals surface area contributed by atoms with Crippen LogP contribution >= 0.6 is 0 Å². The van der Waals surface area contributed by atoms with Gasteiger partial charge in [-0.2, -0.15) is 5.26 Å². The average Bonchev–Trinajstić information content (AvgIpc) is 2.18. The molecule has 0 bridgehead atoms. The van der Waals surface area contributed by atoms with Gasteiger partial charge in [-0.25, -0.2) is 0 Å². The summed E-state index contributed by atoms with van der Waals surface area (Å²) >= 11 is 0. The van der Waals surface area contributed by atoms with Crippen LogP contribution in [0.4, 0.5) is 0 Å². The van der Waals surface area contributed by atoms with Gasteiger partial charge in [0.15, 0.2) is 0 Å². The van der Waals surface area contributed by atoms with Gasteiger partial charge in [0.25, 0.3) is 0 Å². The molecular weight excluding hydrogens is 178 g/mol. The smallest absolute Gasteiger partial charge is 0.303 e. The summed E-state index contributed by atoms with van der Waals surface area (Å²) in [6.45, 7) is 1.34. The molecule has 0 N–H and O–H groups in total. The molecule has 1 unspecified atom stereocenters. The Labute approximate surface area is 82.9 Å². The molecule has 0 fully saturated rings. The van der Waals surface area contributed by atoms with Gasteiger partial charge in [-0.1, -0.05) is 30.3 Å². The van der Waals surface area contributed by atoms with E-state index >= 15 is 0 Å². The van der Waals surface area contributed by atoms with Crippen molar-refractivity contribution in [2.75, 3.05) is 0 Å². The van der Waals surface area contributed by atoms with E-state index in [1.807, 2.05) is 36.4 Å². The first-order valence-corrected chi connectivity index (χ1v) is 4.33. The molecule has 1 aromatic rings. The first kappa shape index (κ1) is 10.3. The standard InChI is InChI=1S/C11H11NO2/c1-9(13)14-11(7-8-12)10-5-3-2-4-6-10/h2-6,11H,7H2,1H3. The molecule has 0 aliphatic carbocycles. The molecule has 3 nitrogen and oxygen atoms in total. The highest BCUT2D eigenvalue weighted by Crippen LogP contribution is 2.20. The molecule has 0 aromatic heterocycles. The zero-order valence-electron chi connectivity index (χ0n) is 7.93. The van der Waals surface area contributed by atoms with Crippen molar-refractivity contribution < 1.29 is 9.53 Å². The van der Waals surface area contributed by atoms with Gasteiger partial charge in [0.1, 0.15) is 6.10 Å². The molecule has 0 amide bonds. The number of hydrogen-bond donors (Lipinski definition) is 0. The van der Waals surface area contributed by atoms with Gasteiger partial charge in [-0.3, -0.25) is 4.79 Å². The fraction of sp³-hybridized carbons (Fsp3) is 0.273.